The Bertz CT molecular complexity index is 1720. The molecule has 0 aliphatic rings. The van der Waals surface area contributed by atoms with Crippen LogP contribution in [0.5, 0.6) is 17.2 Å². The number of aryl methyl sites for hydroxylation is 1. The molecule has 39 heavy (non-hydrogen) atoms. The number of ether oxygens (including phenoxy) is 2. The summed E-state index contributed by atoms with van der Waals surface area (Å²) in [4.78, 5) is 46.0. The predicted octanol–water partition coefficient (Wildman–Crippen LogP) is 6.60. The normalized spacial score (nSPS) is 11.3. The summed E-state index contributed by atoms with van der Waals surface area (Å²) in [6.45, 7) is 1.22. The Kier molecular flexibility index (Phi) is 6.98. The van der Waals surface area contributed by atoms with Crippen molar-refractivity contribution in [3.63, 3.8) is 0 Å². The molecule has 0 atom stereocenters. The maximum Gasteiger partial charge on any atom is 0.453 e. The Morgan fingerprint density at radius 1 is 0.974 bits per heavy atom. The first-order valence-corrected chi connectivity index (χ1v) is 10.9. The molecule has 0 aliphatic heterocycles. The lowest BCUT2D eigenvalue weighted by molar-refractivity contribution is -0.385. The van der Waals surface area contributed by atoms with Gasteiger partial charge in [0.15, 0.2) is 0 Å². The molecule has 0 amide bonds. The zero-order valence-corrected chi connectivity index (χ0v) is 20.0. The molecule has 4 aromatic rings. The largest absolute Gasteiger partial charge is 0.453 e. The minimum Gasteiger partial charge on any atom is -0.449 e. The molecule has 0 fully saturated rings. The Labute approximate surface area is 219 Å². The highest BCUT2D eigenvalue weighted by atomic mass is 35.5. The van der Waals surface area contributed by atoms with E-state index in [0.717, 1.165) is 54.6 Å². The Hall–Kier alpha value is -4.98. The smallest absolute Gasteiger partial charge is 0.449 e. The fourth-order valence-corrected chi connectivity index (χ4v) is 3.63. The number of hydrogen-bond donors (Lipinski definition) is 0. The Morgan fingerprint density at radius 3 is 2.18 bits per heavy atom. The predicted molar refractivity (Wildman–Crippen MR) is 128 cm³/mol. The number of carbonyl (C=O) groups excluding carboxylic acids is 1. The van der Waals surface area contributed by atoms with Crippen LogP contribution in [0.25, 0.3) is 11.0 Å². The van der Waals surface area contributed by atoms with Gasteiger partial charge >= 0.3 is 12.1 Å². The summed E-state index contributed by atoms with van der Waals surface area (Å²) in [5.41, 5.74) is -3.15. The van der Waals surface area contributed by atoms with E-state index in [9.17, 15) is 43.0 Å². The minimum absolute atomic E-state index is 0.174. The lowest BCUT2D eigenvalue weighted by atomic mass is 10.1. The van der Waals surface area contributed by atoms with Gasteiger partial charge in [-0.3, -0.25) is 25.0 Å². The number of nitro benzene ring substituents is 2. The van der Waals surface area contributed by atoms with Crippen LogP contribution in [0.4, 0.5) is 24.5 Å². The number of carbonyl (C=O) groups is 1. The van der Waals surface area contributed by atoms with Crippen LogP contribution < -0.4 is 14.9 Å². The second-order valence-corrected chi connectivity index (χ2v) is 8.22. The number of nitrogens with zero attached hydrogens (tertiary/aromatic N) is 2. The van der Waals surface area contributed by atoms with Crippen molar-refractivity contribution in [3.05, 3.63) is 107 Å². The second-order valence-electron chi connectivity index (χ2n) is 7.82. The van der Waals surface area contributed by atoms with Crippen LogP contribution in [0.1, 0.15) is 21.7 Å². The molecule has 200 valence electrons. The van der Waals surface area contributed by atoms with Crippen molar-refractivity contribution < 1.29 is 41.7 Å². The third-order valence-electron chi connectivity index (χ3n) is 5.33. The summed E-state index contributed by atoms with van der Waals surface area (Å²) in [7, 11) is 0. The standard InChI is InChI=1S/C24H12ClF3N2O9/c1-11-18(38-23(32)16-10-13(30(35)36)4-8-17(16)25)9-7-15-19(31)21(22(24(26,27)28)39-20(11)15)37-14-5-2-12(3-6-14)29(33)34/h2-10H,1H3. The molecule has 15 heteroatoms. The number of nitro groups is 2. The van der Waals surface area contributed by atoms with Gasteiger partial charge in [0.1, 0.15) is 17.1 Å². The van der Waals surface area contributed by atoms with E-state index in [-0.39, 0.29) is 38.7 Å². The number of hydrogen-bond acceptors (Lipinski definition) is 9. The number of non-ortho nitro benzene ring substituents is 2. The van der Waals surface area contributed by atoms with Gasteiger partial charge in [-0.05, 0) is 37.3 Å². The highest BCUT2D eigenvalue weighted by Gasteiger charge is 2.41. The lowest BCUT2D eigenvalue weighted by Crippen LogP contribution is -2.16. The van der Waals surface area contributed by atoms with Gasteiger partial charge in [0.2, 0.25) is 11.2 Å². The second kappa shape index (κ2) is 10.1. The molecule has 0 aliphatic carbocycles. The van der Waals surface area contributed by atoms with E-state index in [4.69, 9.17) is 25.5 Å². The first-order valence-electron chi connectivity index (χ1n) is 10.5. The lowest BCUT2D eigenvalue weighted by Gasteiger charge is -2.15. The zero-order chi connectivity index (χ0) is 28.6. The molecule has 4 rings (SSSR count). The summed E-state index contributed by atoms with van der Waals surface area (Å²) in [6, 6.07) is 9.14. The van der Waals surface area contributed by atoms with Gasteiger partial charge in [-0.2, -0.15) is 13.2 Å². The van der Waals surface area contributed by atoms with Gasteiger partial charge in [-0.1, -0.05) is 11.6 Å². The van der Waals surface area contributed by atoms with Crippen molar-refractivity contribution >= 4 is 39.9 Å². The van der Waals surface area contributed by atoms with E-state index in [1.54, 1.807) is 0 Å². The highest BCUT2D eigenvalue weighted by molar-refractivity contribution is 6.33. The van der Waals surface area contributed by atoms with Crippen LogP contribution in [-0.2, 0) is 6.18 Å². The molecule has 0 spiro atoms. The molecular weight excluding hydrogens is 553 g/mol. The summed E-state index contributed by atoms with van der Waals surface area (Å²) in [5.74, 6) is -4.77. The van der Waals surface area contributed by atoms with Gasteiger partial charge < -0.3 is 13.9 Å². The summed E-state index contributed by atoms with van der Waals surface area (Å²) in [5, 5.41) is 21.3. The highest BCUT2D eigenvalue weighted by Crippen LogP contribution is 2.40. The molecule has 1 heterocycles. The molecule has 0 bridgehead atoms. The Morgan fingerprint density at radius 2 is 1.59 bits per heavy atom. The van der Waals surface area contributed by atoms with Crippen molar-refractivity contribution in [2.75, 3.05) is 0 Å². The van der Waals surface area contributed by atoms with Crippen molar-refractivity contribution in [1.29, 1.82) is 0 Å². The van der Waals surface area contributed by atoms with Crippen molar-refractivity contribution in [1.82, 2.24) is 0 Å². The molecule has 0 N–H and O–H groups in total. The van der Waals surface area contributed by atoms with E-state index in [0.29, 0.717) is 0 Å². The van der Waals surface area contributed by atoms with Crippen LogP contribution in [0, 0.1) is 27.2 Å². The maximum atomic E-state index is 13.9. The summed E-state index contributed by atoms with van der Waals surface area (Å²) >= 11 is 5.94. The average Bonchev–Trinajstić information content (AvgIpc) is 2.87. The van der Waals surface area contributed by atoms with Crippen LogP contribution in [-0.4, -0.2) is 15.8 Å². The van der Waals surface area contributed by atoms with Crippen molar-refractivity contribution in [3.8, 4) is 17.2 Å². The molecule has 0 unspecified atom stereocenters. The van der Waals surface area contributed by atoms with Crippen LogP contribution in [0.2, 0.25) is 5.02 Å². The van der Waals surface area contributed by atoms with Crippen molar-refractivity contribution in [2.24, 2.45) is 0 Å². The van der Waals surface area contributed by atoms with Crippen LogP contribution >= 0.6 is 11.6 Å². The first kappa shape index (κ1) is 27.1. The third kappa shape index (κ3) is 5.36. The number of benzene rings is 3. The fourth-order valence-electron chi connectivity index (χ4n) is 3.44. The monoisotopic (exact) mass is 564 g/mol. The van der Waals surface area contributed by atoms with Gasteiger partial charge in [0.25, 0.3) is 17.1 Å². The quantitative estimate of drug-likeness (QED) is 0.109. The summed E-state index contributed by atoms with van der Waals surface area (Å²) < 4.78 is 57.0. The maximum absolute atomic E-state index is 13.9. The molecule has 0 saturated carbocycles. The molecule has 0 saturated heterocycles. The topological polar surface area (TPSA) is 152 Å². The minimum atomic E-state index is -5.21. The molecule has 0 radical (unpaired) electrons. The molecule has 3 aromatic carbocycles. The zero-order valence-electron chi connectivity index (χ0n) is 19.3. The first-order chi connectivity index (χ1) is 18.3. The van der Waals surface area contributed by atoms with E-state index in [1.165, 1.54) is 6.92 Å². The van der Waals surface area contributed by atoms with Crippen LogP contribution in [0.15, 0.2) is 63.8 Å². The molecule has 1 aromatic heterocycles. The SMILES string of the molecule is Cc1c(OC(=O)c2cc([N+](=O)[O-])ccc2Cl)ccc2c(=O)c(Oc3ccc([N+](=O)[O-])cc3)c(C(F)(F)F)oc12. The number of esters is 1. The summed E-state index contributed by atoms with van der Waals surface area (Å²) in [6.07, 6.45) is -5.21. The van der Waals surface area contributed by atoms with Gasteiger partial charge in [0.05, 0.1) is 25.8 Å². The third-order valence-corrected chi connectivity index (χ3v) is 5.66. The number of rotatable bonds is 6. The Balaban J connectivity index is 1.78. The number of fused-ring (bicyclic) bond motifs is 1. The molecule has 11 nitrogen and oxygen atoms in total. The van der Waals surface area contributed by atoms with E-state index in [1.807, 2.05) is 0 Å². The number of halogens is 4. The number of alkyl halides is 3. The van der Waals surface area contributed by atoms with E-state index in [2.05, 4.69) is 0 Å². The van der Waals surface area contributed by atoms with Gasteiger partial charge in [-0.15, -0.1) is 0 Å². The van der Waals surface area contributed by atoms with Gasteiger partial charge in [0, 0.05) is 29.8 Å². The fraction of sp³-hybridized carbons (Fsp3) is 0.0833. The van der Waals surface area contributed by atoms with E-state index >= 15 is 0 Å². The van der Waals surface area contributed by atoms with Crippen LogP contribution in [0.3, 0.4) is 0 Å². The van der Waals surface area contributed by atoms with E-state index < -0.39 is 50.2 Å². The van der Waals surface area contributed by atoms with Crippen molar-refractivity contribution in [2.45, 2.75) is 13.1 Å². The molecular formula is C24H12ClF3N2O9. The van der Waals surface area contributed by atoms with Gasteiger partial charge in [-0.25, -0.2) is 4.79 Å². The average molecular weight is 565 g/mol.